The highest BCUT2D eigenvalue weighted by molar-refractivity contribution is 8.00. The number of nitrogens with one attached hydrogen (secondary N) is 1. The predicted molar refractivity (Wildman–Crippen MR) is 170 cm³/mol. The van der Waals surface area contributed by atoms with Gasteiger partial charge in [0.05, 0.1) is 22.5 Å². The molecule has 11 heteroatoms. The number of fused-ring (bicyclic) bond motifs is 9. The van der Waals surface area contributed by atoms with Crippen LogP contribution in [0.1, 0.15) is 28.3 Å². The minimum absolute atomic E-state index is 0.00724. The predicted octanol–water partition coefficient (Wildman–Crippen LogP) is 7.65. The monoisotopic (exact) mass is 668 g/mol. The van der Waals surface area contributed by atoms with Crippen LogP contribution in [0, 0.1) is 29.6 Å². The van der Waals surface area contributed by atoms with Gasteiger partial charge in [0.15, 0.2) is 0 Å². The van der Waals surface area contributed by atoms with E-state index in [0.29, 0.717) is 33.1 Å². The molecule has 4 aliphatic rings. The van der Waals surface area contributed by atoms with Gasteiger partial charge < -0.3 is 9.72 Å². The first kappa shape index (κ1) is 27.8. The van der Waals surface area contributed by atoms with E-state index in [9.17, 15) is 14.4 Å². The third-order valence-electron chi connectivity index (χ3n) is 9.40. The normalized spacial score (nSPS) is 28.6. The zero-order valence-electron chi connectivity index (χ0n) is 22.3. The second kappa shape index (κ2) is 10.4. The summed E-state index contributed by atoms with van der Waals surface area (Å²) in [7, 11) is 0. The molecule has 6 nitrogen and oxygen atoms in total. The molecule has 2 saturated carbocycles. The molecular formula is C32H23Cl3N2O4S2. The average molecular weight is 670 g/mol. The highest BCUT2D eigenvalue weighted by atomic mass is 35.5. The molecule has 1 N–H and O–H groups in total. The summed E-state index contributed by atoms with van der Waals surface area (Å²) in [5.74, 6) is -0.642. The number of carbonyl (C=O) groups is 2. The van der Waals surface area contributed by atoms with Crippen molar-refractivity contribution in [1.29, 1.82) is 0 Å². The molecule has 7 atom stereocenters. The van der Waals surface area contributed by atoms with Crippen LogP contribution < -0.4 is 14.5 Å². The molecule has 0 spiro atoms. The molecule has 2 amide bonds. The van der Waals surface area contributed by atoms with E-state index in [4.69, 9.17) is 39.5 Å². The van der Waals surface area contributed by atoms with Gasteiger partial charge in [0.25, 0.3) is 0 Å². The maximum Gasteiger partial charge on any atom is 0.305 e. The van der Waals surface area contributed by atoms with Crippen LogP contribution in [0.4, 0.5) is 5.69 Å². The summed E-state index contributed by atoms with van der Waals surface area (Å²) in [5, 5.41) is 2.62. The molecule has 2 aliphatic carbocycles. The quantitative estimate of drug-likeness (QED) is 0.221. The Labute approximate surface area is 270 Å². The third kappa shape index (κ3) is 4.40. The molecule has 43 heavy (non-hydrogen) atoms. The SMILES string of the molecule is O=C1C2C(C(=O)N1c1ccc(Cl)cc1)[C@@H]1C[C@H]2C2Sc3[nH]c(=O)sc3C(c3cc(Cl)ccc3OCc3cccc(Cl)c3)C21. The van der Waals surface area contributed by atoms with Crippen molar-refractivity contribution in [2.75, 3.05) is 4.90 Å². The van der Waals surface area contributed by atoms with Crippen LogP contribution in [0.2, 0.25) is 15.1 Å². The van der Waals surface area contributed by atoms with Gasteiger partial charge >= 0.3 is 4.87 Å². The molecule has 4 aromatic rings. The Balaban J connectivity index is 1.20. The molecule has 8 rings (SSSR count). The molecule has 3 heterocycles. The summed E-state index contributed by atoms with van der Waals surface area (Å²) in [5.41, 5.74) is 2.37. The van der Waals surface area contributed by atoms with Crippen molar-refractivity contribution in [2.45, 2.75) is 29.2 Å². The largest absolute Gasteiger partial charge is 0.489 e. The van der Waals surface area contributed by atoms with Crippen LogP contribution >= 0.6 is 57.9 Å². The lowest BCUT2D eigenvalue weighted by molar-refractivity contribution is -0.123. The van der Waals surface area contributed by atoms with Crippen molar-refractivity contribution >= 4 is 75.4 Å². The Morgan fingerprint density at radius 2 is 1.58 bits per heavy atom. The zero-order chi connectivity index (χ0) is 29.6. The fourth-order valence-electron chi connectivity index (χ4n) is 7.89. The fraction of sp³-hybridized carbons (Fsp3) is 0.281. The number of hydrogen-bond donors (Lipinski definition) is 1. The molecule has 5 unspecified atom stereocenters. The summed E-state index contributed by atoms with van der Waals surface area (Å²) in [6.45, 7) is 0.306. The number of thiazole rings is 1. The molecular weight excluding hydrogens is 647 g/mol. The summed E-state index contributed by atoms with van der Waals surface area (Å²) in [6, 6.07) is 20.0. The van der Waals surface area contributed by atoms with Crippen molar-refractivity contribution < 1.29 is 14.3 Å². The minimum Gasteiger partial charge on any atom is -0.489 e. The summed E-state index contributed by atoms with van der Waals surface area (Å²) in [4.78, 5) is 45.8. The minimum atomic E-state index is -0.412. The Kier molecular flexibility index (Phi) is 6.73. The van der Waals surface area contributed by atoms with Gasteiger partial charge in [-0.05, 0) is 84.3 Å². The highest BCUT2D eigenvalue weighted by Gasteiger charge is 2.69. The summed E-state index contributed by atoms with van der Waals surface area (Å²) in [6.07, 6.45) is 0.790. The number of rotatable bonds is 5. The van der Waals surface area contributed by atoms with Crippen molar-refractivity contribution in [3.63, 3.8) is 0 Å². The van der Waals surface area contributed by atoms with E-state index in [1.807, 2.05) is 36.4 Å². The lowest BCUT2D eigenvalue weighted by atomic mass is 9.68. The summed E-state index contributed by atoms with van der Waals surface area (Å²) >= 11 is 21.8. The number of aromatic amines is 1. The average Bonchev–Trinajstić information content (AvgIpc) is 3.72. The van der Waals surface area contributed by atoms with Crippen LogP contribution in [0.15, 0.2) is 76.6 Å². The molecule has 2 bridgehead atoms. The Morgan fingerprint density at radius 3 is 2.35 bits per heavy atom. The van der Waals surface area contributed by atoms with Gasteiger partial charge in [0.1, 0.15) is 12.4 Å². The second-order valence-corrected chi connectivity index (χ2v) is 15.1. The number of amides is 2. The zero-order valence-corrected chi connectivity index (χ0v) is 26.2. The Bertz CT molecular complexity index is 1860. The van der Waals surface area contributed by atoms with Crippen molar-refractivity contribution in [2.24, 2.45) is 29.6 Å². The van der Waals surface area contributed by atoms with Crippen LogP contribution in [0.25, 0.3) is 0 Å². The van der Waals surface area contributed by atoms with Gasteiger partial charge in [-0.1, -0.05) is 58.3 Å². The molecule has 1 saturated heterocycles. The molecule has 2 aliphatic heterocycles. The molecule has 218 valence electrons. The van der Waals surface area contributed by atoms with Gasteiger partial charge in [-0.3, -0.25) is 19.3 Å². The van der Waals surface area contributed by atoms with Crippen molar-refractivity contribution in [1.82, 2.24) is 4.98 Å². The fourth-order valence-corrected chi connectivity index (χ4v) is 11.3. The number of H-pyrrole nitrogens is 1. The van der Waals surface area contributed by atoms with E-state index in [1.165, 1.54) is 16.2 Å². The molecule has 0 radical (unpaired) electrons. The Morgan fingerprint density at radius 1 is 0.860 bits per heavy atom. The first-order chi connectivity index (χ1) is 20.8. The van der Waals surface area contributed by atoms with Crippen LogP contribution in [0.3, 0.4) is 0 Å². The smallest absolute Gasteiger partial charge is 0.305 e. The molecule has 3 fully saturated rings. The number of ether oxygens (including phenoxy) is 1. The van der Waals surface area contributed by atoms with E-state index in [-0.39, 0.29) is 51.5 Å². The van der Waals surface area contributed by atoms with Gasteiger partial charge in [-0.25, -0.2) is 0 Å². The number of anilines is 1. The van der Waals surface area contributed by atoms with Crippen molar-refractivity contribution in [3.05, 3.63) is 107 Å². The summed E-state index contributed by atoms with van der Waals surface area (Å²) < 4.78 is 6.40. The number of aromatic nitrogens is 1. The topological polar surface area (TPSA) is 79.5 Å². The standard InChI is InChI=1S/C32H23Cl3N2O4S2/c33-15-4-7-18(8-5-15)37-30(38)25-20-12-21(26(25)31(37)39)27-24(20)23(28-29(42-27)36-32(40)43-28)19-11-17(35)6-9-22(19)41-13-14-2-1-3-16(34)10-14/h1-11,20-21,23-27H,12-13H2,(H,36,40)/t20-,21-,23?,24?,25?,26?,27?/m1/s1. The Hall–Kier alpha value is -2.75. The lowest BCUT2D eigenvalue weighted by Crippen LogP contribution is -2.42. The molecule has 1 aromatic heterocycles. The first-order valence-corrected chi connectivity index (χ1v) is 16.8. The van der Waals surface area contributed by atoms with Crippen LogP contribution in [0.5, 0.6) is 5.75 Å². The van der Waals surface area contributed by atoms with E-state index in [1.54, 1.807) is 42.1 Å². The maximum atomic E-state index is 14.0. The van der Waals surface area contributed by atoms with E-state index in [0.717, 1.165) is 27.5 Å². The van der Waals surface area contributed by atoms with Crippen LogP contribution in [-0.4, -0.2) is 22.0 Å². The maximum absolute atomic E-state index is 14.0. The first-order valence-electron chi connectivity index (χ1n) is 14.0. The number of hydrogen-bond acceptors (Lipinski definition) is 6. The number of nitrogens with zero attached hydrogens (tertiary/aromatic N) is 1. The van der Waals surface area contributed by atoms with Gasteiger partial charge in [0, 0.05) is 36.7 Å². The number of carbonyl (C=O) groups excluding carboxylic acids is 2. The molecule has 3 aromatic carbocycles. The lowest BCUT2D eigenvalue weighted by Gasteiger charge is -2.43. The highest BCUT2D eigenvalue weighted by Crippen LogP contribution is 2.69. The van der Waals surface area contributed by atoms with Crippen molar-refractivity contribution in [3.8, 4) is 5.75 Å². The van der Waals surface area contributed by atoms with Crippen LogP contribution in [-0.2, 0) is 16.2 Å². The van der Waals surface area contributed by atoms with Gasteiger partial charge in [-0.2, -0.15) is 0 Å². The van der Waals surface area contributed by atoms with Gasteiger partial charge in [-0.15, -0.1) is 11.8 Å². The van der Waals surface area contributed by atoms with E-state index >= 15 is 0 Å². The number of halogens is 3. The van der Waals surface area contributed by atoms with Gasteiger partial charge in [0.2, 0.25) is 11.8 Å². The second-order valence-electron chi connectivity index (χ2n) is 11.5. The van der Waals surface area contributed by atoms with E-state index < -0.39 is 5.92 Å². The third-order valence-corrected chi connectivity index (χ3v) is 12.7. The number of benzene rings is 3. The number of thioether (sulfide) groups is 1. The van der Waals surface area contributed by atoms with E-state index in [2.05, 4.69) is 4.98 Å². The number of imide groups is 1.